The fourth-order valence-electron chi connectivity index (χ4n) is 2.10. The Labute approximate surface area is 125 Å². The minimum atomic E-state index is -0.0209. The number of nitrogens with zero attached hydrogens (tertiary/aromatic N) is 4. The van der Waals surface area contributed by atoms with Gasteiger partial charge in [-0.15, -0.1) is 0 Å². The lowest BCUT2D eigenvalue weighted by atomic mass is 10.1. The summed E-state index contributed by atoms with van der Waals surface area (Å²) in [6.07, 6.45) is 3.36. The Kier molecular flexibility index (Phi) is 3.31. The predicted octanol–water partition coefficient (Wildman–Crippen LogP) is 2.64. The van der Waals surface area contributed by atoms with Crippen LogP contribution in [0.2, 0.25) is 5.02 Å². The lowest BCUT2D eigenvalue weighted by molar-refractivity contribution is 0.0988. The molecule has 0 fully saturated rings. The summed E-state index contributed by atoms with van der Waals surface area (Å²) in [5.74, 6) is 0.345. The number of ketones is 1. The molecule has 21 heavy (non-hydrogen) atoms. The van der Waals surface area contributed by atoms with Crippen LogP contribution in [0.4, 0.5) is 5.82 Å². The molecule has 2 aromatic heterocycles. The van der Waals surface area contributed by atoms with Crippen molar-refractivity contribution in [1.82, 2.24) is 19.7 Å². The predicted molar refractivity (Wildman–Crippen MR) is 80.7 cm³/mol. The monoisotopic (exact) mass is 301 g/mol. The molecule has 3 rings (SSSR count). The fraction of sp³-hybridized carbons (Fsp3) is 0.143. The maximum absolute atomic E-state index is 11.9. The number of hydrogen-bond acceptors (Lipinski definition) is 5. The second-order valence-corrected chi connectivity index (χ2v) is 4.90. The summed E-state index contributed by atoms with van der Waals surface area (Å²) in [6, 6.07) is 5.16. The molecular weight excluding hydrogens is 290 g/mol. The van der Waals surface area contributed by atoms with Crippen LogP contribution in [0, 0.1) is 0 Å². The molecule has 0 saturated carbocycles. The molecule has 0 aliphatic rings. The highest BCUT2D eigenvalue weighted by Crippen LogP contribution is 2.24. The van der Waals surface area contributed by atoms with Gasteiger partial charge >= 0.3 is 0 Å². The smallest absolute Gasteiger partial charge is 0.168 e. The standard InChI is InChI=1S/C14H12ClN5O/c1-2-12(21)9-5-8(3-4-11(9)15)20-14-10(6-19-20)13(16)17-7-18-14/h3-7H,2H2,1H3,(H2,16,17,18). The van der Waals surface area contributed by atoms with Gasteiger partial charge < -0.3 is 5.73 Å². The zero-order valence-electron chi connectivity index (χ0n) is 11.2. The quantitative estimate of drug-likeness (QED) is 0.751. The lowest BCUT2D eigenvalue weighted by Gasteiger charge is -2.07. The third-order valence-electron chi connectivity index (χ3n) is 3.21. The van der Waals surface area contributed by atoms with E-state index in [2.05, 4.69) is 15.1 Å². The number of halogens is 1. The van der Waals surface area contributed by atoms with Gasteiger partial charge in [-0.05, 0) is 18.2 Å². The van der Waals surface area contributed by atoms with Gasteiger partial charge in [-0.2, -0.15) is 5.10 Å². The van der Waals surface area contributed by atoms with E-state index in [1.165, 1.54) is 6.33 Å². The van der Waals surface area contributed by atoms with E-state index in [-0.39, 0.29) is 5.78 Å². The zero-order valence-corrected chi connectivity index (χ0v) is 12.0. The van der Waals surface area contributed by atoms with E-state index in [4.69, 9.17) is 17.3 Å². The molecular formula is C14H12ClN5O. The Balaban J connectivity index is 2.19. The molecule has 0 radical (unpaired) electrons. The number of carbonyl (C=O) groups excluding carboxylic acids is 1. The first kappa shape index (κ1) is 13.5. The minimum absolute atomic E-state index is 0.0209. The first-order valence-corrected chi connectivity index (χ1v) is 6.77. The first-order valence-electron chi connectivity index (χ1n) is 6.39. The average molecular weight is 302 g/mol. The minimum Gasteiger partial charge on any atom is -0.383 e. The third-order valence-corrected chi connectivity index (χ3v) is 3.54. The van der Waals surface area contributed by atoms with Gasteiger partial charge in [0.2, 0.25) is 0 Å². The van der Waals surface area contributed by atoms with Crippen LogP contribution in [-0.4, -0.2) is 25.5 Å². The van der Waals surface area contributed by atoms with E-state index in [1.54, 1.807) is 36.0 Å². The second-order valence-electron chi connectivity index (χ2n) is 4.49. The van der Waals surface area contributed by atoms with Crippen LogP contribution in [-0.2, 0) is 0 Å². The molecule has 6 nitrogen and oxygen atoms in total. The van der Waals surface area contributed by atoms with Crippen molar-refractivity contribution in [3.63, 3.8) is 0 Å². The normalized spacial score (nSPS) is 11.0. The second kappa shape index (κ2) is 5.14. The van der Waals surface area contributed by atoms with E-state index in [0.29, 0.717) is 39.5 Å². The summed E-state index contributed by atoms with van der Waals surface area (Å²) in [6.45, 7) is 1.79. The largest absolute Gasteiger partial charge is 0.383 e. The van der Waals surface area contributed by atoms with E-state index in [1.807, 2.05) is 0 Å². The van der Waals surface area contributed by atoms with Gasteiger partial charge in [0.05, 0.1) is 22.3 Å². The van der Waals surface area contributed by atoms with E-state index in [9.17, 15) is 4.79 Å². The zero-order chi connectivity index (χ0) is 15.0. The number of Topliss-reactive ketones (excluding diaryl/α,β-unsaturated/α-hetero) is 1. The molecule has 3 aromatic rings. The van der Waals surface area contributed by atoms with Crippen LogP contribution in [0.5, 0.6) is 0 Å². The van der Waals surface area contributed by atoms with Crippen molar-refractivity contribution in [2.24, 2.45) is 0 Å². The molecule has 0 aliphatic heterocycles. The van der Waals surface area contributed by atoms with Crippen LogP contribution in [0.3, 0.4) is 0 Å². The average Bonchev–Trinajstić information content (AvgIpc) is 2.92. The molecule has 0 saturated heterocycles. The van der Waals surface area contributed by atoms with Crippen molar-refractivity contribution in [2.75, 3.05) is 5.73 Å². The van der Waals surface area contributed by atoms with Gasteiger partial charge in [0.1, 0.15) is 12.1 Å². The summed E-state index contributed by atoms with van der Waals surface area (Å²) >= 11 is 6.08. The van der Waals surface area contributed by atoms with Crippen molar-refractivity contribution in [1.29, 1.82) is 0 Å². The number of hydrogen-bond donors (Lipinski definition) is 1. The third kappa shape index (κ3) is 2.23. The number of nitrogen functional groups attached to an aromatic ring is 1. The molecule has 7 heteroatoms. The summed E-state index contributed by atoms with van der Waals surface area (Å²) in [7, 11) is 0. The molecule has 0 bridgehead atoms. The van der Waals surface area contributed by atoms with Crippen LogP contribution < -0.4 is 5.73 Å². The molecule has 2 N–H and O–H groups in total. The van der Waals surface area contributed by atoms with Gasteiger partial charge in [-0.3, -0.25) is 4.79 Å². The summed E-state index contributed by atoms with van der Waals surface area (Å²) in [4.78, 5) is 20.0. The number of nitrogens with two attached hydrogens (primary N) is 1. The molecule has 106 valence electrons. The van der Waals surface area contributed by atoms with Crippen LogP contribution in [0.15, 0.2) is 30.7 Å². The SMILES string of the molecule is CCC(=O)c1cc(-n2ncc3c(N)ncnc32)ccc1Cl. The highest BCUT2D eigenvalue weighted by atomic mass is 35.5. The number of carbonyl (C=O) groups is 1. The van der Waals surface area contributed by atoms with Crippen molar-refractivity contribution in [3.05, 3.63) is 41.3 Å². The van der Waals surface area contributed by atoms with Crippen LogP contribution in [0.1, 0.15) is 23.7 Å². The van der Waals surface area contributed by atoms with Gasteiger partial charge in [0.15, 0.2) is 11.4 Å². The number of rotatable bonds is 3. The Bertz CT molecular complexity index is 842. The Morgan fingerprint density at radius 1 is 1.38 bits per heavy atom. The van der Waals surface area contributed by atoms with Crippen molar-refractivity contribution < 1.29 is 4.79 Å². The number of benzene rings is 1. The lowest BCUT2D eigenvalue weighted by Crippen LogP contribution is -2.03. The van der Waals surface area contributed by atoms with Crippen molar-refractivity contribution >= 4 is 34.2 Å². The molecule has 0 atom stereocenters. The van der Waals surface area contributed by atoms with Crippen molar-refractivity contribution in [3.8, 4) is 5.69 Å². The summed E-state index contributed by atoms with van der Waals surface area (Å²) < 4.78 is 1.61. The molecule has 0 amide bonds. The number of aromatic nitrogens is 4. The van der Waals surface area contributed by atoms with Crippen LogP contribution in [0.25, 0.3) is 16.7 Å². The number of anilines is 1. The summed E-state index contributed by atoms with van der Waals surface area (Å²) in [5, 5.41) is 5.35. The van der Waals surface area contributed by atoms with Crippen LogP contribution >= 0.6 is 11.6 Å². The van der Waals surface area contributed by atoms with E-state index >= 15 is 0 Å². The molecule has 2 heterocycles. The molecule has 0 unspecified atom stereocenters. The van der Waals surface area contributed by atoms with Gasteiger partial charge in [0, 0.05) is 12.0 Å². The first-order chi connectivity index (χ1) is 10.1. The fourth-order valence-corrected chi connectivity index (χ4v) is 2.32. The topological polar surface area (TPSA) is 86.7 Å². The van der Waals surface area contributed by atoms with Gasteiger partial charge in [-0.25, -0.2) is 14.6 Å². The highest BCUT2D eigenvalue weighted by molar-refractivity contribution is 6.34. The van der Waals surface area contributed by atoms with Gasteiger partial charge in [-0.1, -0.05) is 18.5 Å². The molecule has 0 spiro atoms. The maximum atomic E-state index is 11.9. The van der Waals surface area contributed by atoms with E-state index < -0.39 is 0 Å². The Morgan fingerprint density at radius 3 is 2.95 bits per heavy atom. The number of fused-ring (bicyclic) bond motifs is 1. The molecule has 1 aromatic carbocycles. The maximum Gasteiger partial charge on any atom is 0.168 e. The highest BCUT2D eigenvalue weighted by Gasteiger charge is 2.13. The van der Waals surface area contributed by atoms with Gasteiger partial charge in [0.25, 0.3) is 0 Å². The van der Waals surface area contributed by atoms with Crippen molar-refractivity contribution in [2.45, 2.75) is 13.3 Å². The Morgan fingerprint density at radius 2 is 2.19 bits per heavy atom. The summed E-state index contributed by atoms with van der Waals surface area (Å²) in [5.41, 5.74) is 7.55. The Hall–Kier alpha value is -2.47. The van der Waals surface area contributed by atoms with E-state index in [0.717, 1.165) is 0 Å². The molecule has 0 aliphatic carbocycles.